The Morgan fingerprint density at radius 2 is 1.65 bits per heavy atom. The quantitative estimate of drug-likeness (QED) is 0.315. The lowest BCUT2D eigenvalue weighted by atomic mass is 9.95. The number of hydrogen-bond acceptors (Lipinski definition) is 3. The zero-order valence-corrected chi connectivity index (χ0v) is 16.6. The van der Waals surface area contributed by atoms with E-state index in [4.69, 9.17) is 9.97 Å². The fourth-order valence-corrected chi connectivity index (χ4v) is 5.69. The SMILES string of the molecule is c1ccc2c(c1)Cc1ccc3c(c1-2)-c1c(nc2c4cccnc4c4ccncc4n12)C3. The summed E-state index contributed by atoms with van der Waals surface area (Å²) in [6.45, 7) is 0. The van der Waals surface area contributed by atoms with Crippen molar-refractivity contribution in [2.24, 2.45) is 0 Å². The Hall–Kier alpha value is -4.05. The highest BCUT2D eigenvalue weighted by Crippen LogP contribution is 2.50. The molecule has 2 aliphatic rings. The van der Waals surface area contributed by atoms with E-state index >= 15 is 0 Å². The molecule has 0 saturated carbocycles. The van der Waals surface area contributed by atoms with E-state index in [9.17, 15) is 0 Å². The third-order valence-electron chi connectivity index (χ3n) is 6.93. The Kier molecular flexibility index (Phi) is 2.72. The van der Waals surface area contributed by atoms with Gasteiger partial charge in [0, 0.05) is 35.2 Å². The van der Waals surface area contributed by atoms with Crippen LogP contribution in [0.15, 0.2) is 73.2 Å². The van der Waals surface area contributed by atoms with Gasteiger partial charge in [0.25, 0.3) is 0 Å². The minimum absolute atomic E-state index is 0.866. The molecule has 8 rings (SSSR count). The maximum absolute atomic E-state index is 5.16. The number of hydrogen-bond donors (Lipinski definition) is 0. The molecular formula is C27H16N4. The Balaban J connectivity index is 1.59. The predicted molar refractivity (Wildman–Crippen MR) is 122 cm³/mol. The van der Waals surface area contributed by atoms with Gasteiger partial charge in [-0.05, 0) is 52.4 Å². The number of rotatable bonds is 0. The first-order valence-corrected chi connectivity index (χ1v) is 10.6. The van der Waals surface area contributed by atoms with Gasteiger partial charge in [-0.2, -0.15) is 0 Å². The van der Waals surface area contributed by atoms with Crippen molar-refractivity contribution >= 4 is 27.5 Å². The lowest BCUT2D eigenvalue weighted by molar-refractivity contribution is 1.16. The monoisotopic (exact) mass is 396 g/mol. The average molecular weight is 396 g/mol. The van der Waals surface area contributed by atoms with Gasteiger partial charge in [0.15, 0.2) is 0 Å². The Bertz CT molecular complexity index is 1740. The van der Waals surface area contributed by atoms with E-state index in [-0.39, 0.29) is 0 Å². The first kappa shape index (κ1) is 15.7. The second kappa shape index (κ2) is 5.35. The fourth-order valence-electron chi connectivity index (χ4n) is 5.69. The van der Waals surface area contributed by atoms with E-state index < -0.39 is 0 Å². The third kappa shape index (κ3) is 1.84. The van der Waals surface area contributed by atoms with Gasteiger partial charge >= 0.3 is 0 Å². The fraction of sp³-hybridized carbons (Fsp3) is 0.0741. The highest BCUT2D eigenvalue weighted by molar-refractivity contribution is 6.11. The van der Waals surface area contributed by atoms with E-state index in [1.165, 1.54) is 39.1 Å². The van der Waals surface area contributed by atoms with Gasteiger partial charge in [0.1, 0.15) is 5.65 Å². The second-order valence-corrected chi connectivity index (χ2v) is 8.50. The summed E-state index contributed by atoms with van der Waals surface area (Å²) in [6, 6.07) is 19.6. The molecule has 144 valence electrons. The first-order chi connectivity index (χ1) is 15.4. The van der Waals surface area contributed by atoms with Crippen molar-refractivity contribution in [1.29, 1.82) is 0 Å². The molecule has 0 radical (unpaired) electrons. The highest BCUT2D eigenvalue weighted by Gasteiger charge is 2.32. The standard InChI is InChI=1S/C27H16N4/c1-2-5-18-15(4-1)12-16-7-8-17-13-21-26(24(17)23(16)18)31-22-14-28-11-9-19(22)25-20(27(31)30-21)6-3-10-29-25/h1-11,14H,12-13H2. The molecule has 0 bridgehead atoms. The summed E-state index contributed by atoms with van der Waals surface area (Å²) in [5.41, 5.74) is 13.7. The number of nitrogens with zero attached hydrogens (tertiary/aromatic N) is 4. The number of imidazole rings is 1. The van der Waals surface area contributed by atoms with Gasteiger partial charge in [-0.15, -0.1) is 0 Å². The maximum atomic E-state index is 5.16. The van der Waals surface area contributed by atoms with Crippen LogP contribution in [0.3, 0.4) is 0 Å². The minimum atomic E-state index is 0.866. The lowest BCUT2D eigenvalue weighted by Crippen LogP contribution is -1.97. The maximum Gasteiger partial charge on any atom is 0.147 e. The van der Waals surface area contributed by atoms with Crippen LogP contribution in [-0.4, -0.2) is 19.4 Å². The van der Waals surface area contributed by atoms with Gasteiger partial charge in [0.05, 0.1) is 28.6 Å². The van der Waals surface area contributed by atoms with Crippen LogP contribution in [-0.2, 0) is 12.8 Å². The van der Waals surface area contributed by atoms with Crippen molar-refractivity contribution in [2.75, 3.05) is 0 Å². The van der Waals surface area contributed by atoms with Crippen LogP contribution in [0.2, 0.25) is 0 Å². The van der Waals surface area contributed by atoms with Crippen molar-refractivity contribution in [3.05, 3.63) is 95.6 Å². The zero-order chi connectivity index (χ0) is 20.1. The van der Waals surface area contributed by atoms with Gasteiger partial charge in [-0.1, -0.05) is 36.4 Å². The molecule has 6 aromatic rings. The van der Waals surface area contributed by atoms with Crippen molar-refractivity contribution in [3.8, 4) is 22.4 Å². The van der Waals surface area contributed by atoms with Crippen LogP contribution in [0.25, 0.3) is 49.8 Å². The zero-order valence-electron chi connectivity index (χ0n) is 16.6. The van der Waals surface area contributed by atoms with Gasteiger partial charge in [0.2, 0.25) is 0 Å². The summed E-state index contributed by atoms with van der Waals surface area (Å²) in [4.78, 5) is 14.3. The number of benzene rings is 2. The Labute approximate surface area is 177 Å². The summed E-state index contributed by atoms with van der Waals surface area (Å²) in [5, 5.41) is 2.20. The summed E-state index contributed by atoms with van der Waals surface area (Å²) in [6.07, 6.45) is 7.52. The lowest BCUT2D eigenvalue weighted by Gasteiger charge is -2.13. The van der Waals surface area contributed by atoms with Gasteiger partial charge in [-0.3, -0.25) is 14.4 Å². The largest absolute Gasteiger partial charge is 0.290 e. The molecule has 0 spiro atoms. The third-order valence-corrected chi connectivity index (χ3v) is 6.93. The normalized spacial score (nSPS) is 13.5. The molecule has 4 aromatic heterocycles. The molecular weight excluding hydrogens is 380 g/mol. The summed E-state index contributed by atoms with van der Waals surface area (Å²) in [5.74, 6) is 0. The van der Waals surface area contributed by atoms with Gasteiger partial charge in [-0.25, -0.2) is 4.98 Å². The van der Waals surface area contributed by atoms with Crippen LogP contribution in [0, 0.1) is 0 Å². The van der Waals surface area contributed by atoms with Crippen LogP contribution >= 0.6 is 0 Å². The molecule has 0 fully saturated rings. The molecule has 0 saturated heterocycles. The topological polar surface area (TPSA) is 43.1 Å². The Morgan fingerprint density at radius 1 is 0.742 bits per heavy atom. The first-order valence-electron chi connectivity index (χ1n) is 10.6. The van der Waals surface area contributed by atoms with Gasteiger partial charge < -0.3 is 0 Å². The second-order valence-electron chi connectivity index (χ2n) is 8.50. The predicted octanol–water partition coefficient (Wildman–Crippen LogP) is 5.57. The van der Waals surface area contributed by atoms with E-state index in [2.05, 4.69) is 57.9 Å². The molecule has 2 aliphatic carbocycles. The highest BCUT2D eigenvalue weighted by atomic mass is 15.0. The smallest absolute Gasteiger partial charge is 0.147 e. The molecule has 0 aliphatic heterocycles. The van der Waals surface area contributed by atoms with Crippen LogP contribution in [0.1, 0.15) is 22.4 Å². The van der Waals surface area contributed by atoms with Crippen molar-refractivity contribution in [2.45, 2.75) is 12.8 Å². The van der Waals surface area contributed by atoms with E-state index in [0.29, 0.717) is 0 Å². The molecule has 0 amide bonds. The van der Waals surface area contributed by atoms with E-state index in [0.717, 1.165) is 46.0 Å². The van der Waals surface area contributed by atoms with Crippen molar-refractivity contribution < 1.29 is 0 Å². The molecule has 4 heteroatoms. The molecule has 0 unspecified atom stereocenters. The Morgan fingerprint density at radius 3 is 2.61 bits per heavy atom. The molecule has 0 atom stereocenters. The number of pyridine rings is 3. The summed E-state index contributed by atoms with van der Waals surface area (Å²) >= 11 is 0. The summed E-state index contributed by atoms with van der Waals surface area (Å²) in [7, 11) is 0. The molecule has 4 nitrogen and oxygen atoms in total. The summed E-state index contributed by atoms with van der Waals surface area (Å²) < 4.78 is 2.33. The average Bonchev–Trinajstić information content (AvgIpc) is 3.48. The van der Waals surface area contributed by atoms with Crippen molar-refractivity contribution in [1.82, 2.24) is 19.4 Å². The van der Waals surface area contributed by atoms with Crippen LogP contribution in [0.5, 0.6) is 0 Å². The van der Waals surface area contributed by atoms with Crippen LogP contribution in [0.4, 0.5) is 0 Å². The number of fused-ring (bicyclic) bond motifs is 14. The number of aromatic nitrogens is 4. The molecule has 0 N–H and O–H groups in total. The van der Waals surface area contributed by atoms with Crippen molar-refractivity contribution in [3.63, 3.8) is 0 Å². The molecule has 31 heavy (non-hydrogen) atoms. The van der Waals surface area contributed by atoms with Crippen LogP contribution < -0.4 is 0 Å². The molecule has 2 aromatic carbocycles. The van der Waals surface area contributed by atoms with E-state index in [1.54, 1.807) is 0 Å². The minimum Gasteiger partial charge on any atom is -0.290 e. The molecule has 4 heterocycles. The van der Waals surface area contributed by atoms with E-state index in [1.807, 2.05) is 24.7 Å².